The van der Waals surface area contributed by atoms with Crippen molar-refractivity contribution in [1.29, 1.82) is 0 Å². The molecule has 0 amide bonds. The maximum atomic E-state index is 6.58. The van der Waals surface area contributed by atoms with Crippen LogP contribution in [0.5, 0.6) is 0 Å². The molecule has 0 aliphatic rings. The van der Waals surface area contributed by atoms with Gasteiger partial charge in [-0.05, 0) is 0 Å². The summed E-state index contributed by atoms with van der Waals surface area (Å²) in [7, 11) is 0. The van der Waals surface area contributed by atoms with E-state index >= 15 is 0 Å². The van der Waals surface area contributed by atoms with E-state index in [4.69, 9.17) is 5.73 Å². The Kier molecular flexibility index (Phi) is 35.7. The van der Waals surface area contributed by atoms with Crippen LogP contribution in [-0.2, 0) is 19.5 Å². The fourth-order valence-corrected chi connectivity index (χ4v) is 0. The first-order valence-electron chi connectivity index (χ1n) is 2.15. The van der Waals surface area contributed by atoms with Crippen LogP contribution in [0, 0.1) is 6.92 Å². The van der Waals surface area contributed by atoms with Gasteiger partial charge in [0.1, 0.15) is 0 Å². The second-order valence-electron chi connectivity index (χ2n) is 1.15. The first-order chi connectivity index (χ1) is 2.73. The Morgan fingerprint density at radius 2 is 1.29 bits per heavy atom. The van der Waals surface area contributed by atoms with Crippen molar-refractivity contribution in [2.45, 2.75) is 26.8 Å². The molecule has 2 heteroatoms. The van der Waals surface area contributed by atoms with Gasteiger partial charge in [0.25, 0.3) is 0 Å². The summed E-state index contributed by atoms with van der Waals surface area (Å²) in [5.41, 5.74) is 6.58. The quantitative estimate of drug-likeness (QED) is 0.413. The molecule has 1 nitrogen and oxygen atoms in total. The van der Waals surface area contributed by atoms with Crippen LogP contribution in [-0.4, -0.2) is 6.04 Å². The summed E-state index contributed by atoms with van der Waals surface area (Å²) < 4.78 is 0. The largest absolute Gasteiger partial charge is 2.00 e. The number of hydrogen-bond donors (Lipinski definition) is 0. The molecule has 0 bridgehead atoms. The Morgan fingerprint density at radius 3 is 1.29 bits per heavy atom. The number of hydrogen-bond acceptors (Lipinski definition) is 0. The van der Waals surface area contributed by atoms with Crippen molar-refractivity contribution in [3.8, 4) is 0 Å². The zero-order chi connectivity index (χ0) is 5.58. The van der Waals surface area contributed by atoms with Crippen LogP contribution in [0.3, 0.4) is 0 Å². The van der Waals surface area contributed by atoms with Crippen LogP contribution in [0.2, 0.25) is 0 Å². The van der Waals surface area contributed by atoms with Crippen LogP contribution >= 0.6 is 0 Å². The van der Waals surface area contributed by atoms with Gasteiger partial charge in [0.05, 0.1) is 0 Å². The molecule has 0 fully saturated rings. The maximum absolute atomic E-state index is 6.58. The van der Waals surface area contributed by atoms with Crippen LogP contribution in [0.1, 0.15) is 20.8 Å². The summed E-state index contributed by atoms with van der Waals surface area (Å²) in [5.74, 6) is 0. The van der Waals surface area contributed by atoms with Gasteiger partial charge in [-0.3, -0.25) is 0 Å². The molecule has 1 N–H and O–H groups in total. The van der Waals surface area contributed by atoms with Gasteiger partial charge in [0.2, 0.25) is 0 Å². The second-order valence-corrected chi connectivity index (χ2v) is 1.15. The third-order valence-corrected chi connectivity index (χ3v) is 0. The molecule has 1 radical (unpaired) electrons. The van der Waals surface area contributed by atoms with Gasteiger partial charge < -0.3 is 12.7 Å². The smallest absolute Gasteiger partial charge is 0.675 e. The van der Waals surface area contributed by atoms with Crippen LogP contribution in [0.4, 0.5) is 0 Å². The molecule has 47 valence electrons. The zero-order valence-electron chi connectivity index (χ0n) is 5.12. The van der Waals surface area contributed by atoms with Crippen molar-refractivity contribution in [1.82, 2.24) is 0 Å². The number of nitrogens with one attached hydrogen (secondary N) is 1. The van der Waals surface area contributed by atoms with Gasteiger partial charge in [-0.1, -0.05) is 13.8 Å². The maximum Gasteiger partial charge on any atom is 2.00 e. The normalized spacial score (nSPS) is 6.00. The molecule has 0 rings (SSSR count). The summed E-state index contributed by atoms with van der Waals surface area (Å²) in [6.45, 7) is 8.67. The standard InChI is InChI=1S/C3H8N.C2H5.Rh/c1-3(2)4;1-2;/h3-4H,1-2H3;1H2,2H3;/q2*-1;+2. The monoisotopic (exact) mass is 190 g/mol. The molecule has 0 heterocycles. The van der Waals surface area contributed by atoms with E-state index in [1.165, 1.54) is 0 Å². The summed E-state index contributed by atoms with van der Waals surface area (Å²) in [5, 5.41) is 0. The van der Waals surface area contributed by atoms with E-state index in [-0.39, 0.29) is 25.5 Å². The average Bonchev–Trinajstić information content (AvgIpc) is 1.41. The topological polar surface area (TPSA) is 23.8 Å². The average molecular weight is 190 g/mol. The minimum atomic E-state index is 0. The van der Waals surface area contributed by atoms with Crippen LogP contribution < -0.4 is 0 Å². The predicted octanol–water partition coefficient (Wildman–Crippen LogP) is 2.28. The third-order valence-electron chi connectivity index (χ3n) is 0. The Bertz CT molecular complexity index is 12.8. The predicted molar refractivity (Wildman–Crippen MR) is 30.5 cm³/mol. The molecule has 0 aromatic rings. The first kappa shape index (κ1) is 15.6. The van der Waals surface area contributed by atoms with Crippen molar-refractivity contribution >= 4 is 0 Å². The van der Waals surface area contributed by atoms with Crippen molar-refractivity contribution in [2.75, 3.05) is 0 Å². The van der Waals surface area contributed by atoms with Gasteiger partial charge in [0.15, 0.2) is 0 Å². The molecule has 0 aliphatic heterocycles. The first-order valence-corrected chi connectivity index (χ1v) is 2.15. The number of rotatable bonds is 0. The van der Waals surface area contributed by atoms with Gasteiger partial charge in [-0.15, -0.1) is 6.04 Å². The molecule has 0 atom stereocenters. The SMILES string of the molecule is CC(C)[NH-].[CH2-]C.[Rh+2]. The van der Waals surface area contributed by atoms with Gasteiger partial charge in [0, 0.05) is 0 Å². The molecule has 0 unspecified atom stereocenters. The summed E-state index contributed by atoms with van der Waals surface area (Å²) in [6.07, 6.45) is 0. The molecular weight excluding hydrogens is 177 g/mol. The minimum absolute atomic E-state index is 0. The molecule has 0 aliphatic carbocycles. The van der Waals surface area contributed by atoms with Crippen molar-refractivity contribution in [3.63, 3.8) is 0 Å². The van der Waals surface area contributed by atoms with Crippen LogP contribution in [0.25, 0.3) is 5.73 Å². The molecule has 0 saturated heterocycles. The van der Waals surface area contributed by atoms with E-state index in [0.717, 1.165) is 0 Å². The Balaban J connectivity index is -0.0000000480. The van der Waals surface area contributed by atoms with E-state index in [1.54, 1.807) is 6.92 Å². The van der Waals surface area contributed by atoms with Gasteiger partial charge in [-0.25, -0.2) is 0 Å². The zero-order valence-corrected chi connectivity index (χ0v) is 6.76. The Hall–Kier alpha value is 0.583. The molecule has 0 aromatic carbocycles. The summed E-state index contributed by atoms with van der Waals surface area (Å²) in [6, 6.07) is 0.0833. The van der Waals surface area contributed by atoms with E-state index < -0.39 is 0 Å². The third kappa shape index (κ3) is 406. The van der Waals surface area contributed by atoms with Crippen LogP contribution in [0.15, 0.2) is 0 Å². The summed E-state index contributed by atoms with van der Waals surface area (Å²) in [4.78, 5) is 0. The van der Waals surface area contributed by atoms with E-state index in [0.29, 0.717) is 0 Å². The molecule has 0 aromatic heterocycles. The molecule has 0 saturated carbocycles. The fourth-order valence-electron chi connectivity index (χ4n) is 0. The van der Waals surface area contributed by atoms with Gasteiger partial charge >= 0.3 is 19.5 Å². The van der Waals surface area contributed by atoms with E-state index in [2.05, 4.69) is 6.92 Å². The van der Waals surface area contributed by atoms with Crippen molar-refractivity contribution < 1.29 is 19.5 Å². The van der Waals surface area contributed by atoms with Crippen molar-refractivity contribution in [2.24, 2.45) is 0 Å². The molecular formula is C5H13NRh. The Morgan fingerprint density at radius 1 is 1.29 bits per heavy atom. The van der Waals surface area contributed by atoms with Crippen molar-refractivity contribution in [3.05, 3.63) is 12.7 Å². The van der Waals surface area contributed by atoms with Gasteiger partial charge in [-0.2, -0.15) is 6.92 Å². The fraction of sp³-hybridized carbons (Fsp3) is 0.800. The second kappa shape index (κ2) is 16.0. The molecule has 7 heavy (non-hydrogen) atoms. The van der Waals surface area contributed by atoms with E-state index in [9.17, 15) is 0 Å². The van der Waals surface area contributed by atoms with E-state index in [1.807, 2.05) is 13.8 Å². The minimum Gasteiger partial charge on any atom is -0.675 e. The Labute approximate surface area is 59.4 Å². The molecule has 0 spiro atoms. The summed E-state index contributed by atoms with van der Waals surface area (Å²) >= 11 is 0.